The second-order valence-electron chi connectivity index (χ2n) is 3.45. The minimum absolute atomic E-state index is 0.0250. The van der Waals surface area contributed by atoms with Gasteiger partial charge in [0, 0.05) is 19.2 Å². The second kappa shape index (κ2) is 3.81. The van der Waals surface area contributed by atoms with Crippen LogP contribution in [0.5, 0.6) is 0 Å². The highest BCUT2D eigenvalue weighted by atomic mass is 32.2. The van der Waals surface area contributed by atoms with Crippen molar-refractivity contribution in [3.05, 3.63) is 23.9 Å². The zero-order valence-corrected chi connectivity index (χ0v) is 9.48. The number of nitrogens with two attached hydrogens (primary N) is 1. The van der Waals surface area contributed by atoms with Crippen LogP contribution in [0, 0.1) is 0 Å². The van der Waals surface area contributed by atoms with E-state index in [1.807, 2.05) is 0 Å². The van der Waals surface area contributed by atoms with E-state index in [1.54, 1.807) is 0 Å². The van der Waals surface area contributed by atoms with Crippen LogP contribution < -0.4 is 5.73 Å². The average Bonchev–Trinajstić information content (AvgIpc) is 2.46. The van der Waals surface area contributed by atoms with Crippen molar-refractivity contribution in [2.45, 2.75) is 11.4 Å². The molecule has 0 saturated heterocycles. The van der Waals surface area contributed by atoms with E-state index < -0.39 is 21.8 Å². The molecule has 2 amide bonds. The molecular formula is C9H9N3O4S. The molecule has 0 bridgehead atoms. The predicted molar refractivity (Wildman–Crippen MR) is 56.3 cm³/mol. The number of carbonyl (C=O) groups excluding carboxylic acids is 2. The molecule has 2 rings (SSSR count). The molecule has 8 heteroatoms. The molecule has 0 aliphatic carbocycles. The summed E-state index contributed by atoms with van der Waals surface area (Å²) < 4.78 is 24.4. The summed E-state index contributed by atoms with van der Waals surface area (Å²) in [6.45, 7) is -0.257. The van der Waals surface area contributed by atoms with Crippen LogP contribution in [-0.2, 0) is 14.8 Å². The Bertz CT molecular complexity index is 596. The van der Waals surface area contributed by atoms with Crippen LogP contribution in [0.15, 0.2) is 23.4 Å². The SMILES string of the molecule is NC(=O)CCN1C(=O)c2cccnc2S1(=O)=O. The molecule has 17 heavy (non-hydrogen) atoms. The van der Waals surface area contributed by atoms with Gasteiger partial charge >= 0.3 is 0 Å². The van der Waals surface area contributed by atoms with Crippen molar-refractivity contribution >= 4 is 21.8 Å². The number of rotatable bonds is 3. The van der Waals surface area contributed by atoms with Crippen molar-refractivity contribution in [2.75, 3.05) is 6.54 Å². The van der Waals surface area contributed by atoms with Gasteiger partial charge < -0.3 is 5.73 Å². The first-order valence-corrected chi connectivity index (χ1v) is 6.19. The molecule has 1 aromatic heterocycles. The second-order valence-corrected chi connectivity index (χ2v) is 5.23. The van der Waals surface area contributed by atoms with Gasteiger partial charge in [-0.25, -0.2) is 9.29 Å². The van der Waals surface area contributed by atoms with Gasteiger partial charge in [-0.15, -0.1) is 0 Å². The Kier molecular flexibility index (Phi) is 2.58. The predicted octanol–water partition coefficient (Wildman–Crippen LogP) is -0.899. The number of carbonyl (C=O) groups is 2. The number of sulfonamides is 1. The lowest BCUT2D eigenvalue weighted by Gasteiger charge is -2.12. The number of primary amides is 1. The Morgan fingerprint density at radius 2 is 2.18 bits per heavy atom. The summed E-state index contributed by atoms with van der Waals surface area (Å²) in [5, 5.41) is -0.269. The summed E-state index contributed by atoms with van der Waals surface area (Å²) >= 11 is 0. The van der Waals surface area contributed by atoms with Crippen LogP contribution in [0.3, 0.4) is 0 Å². The minimum Gasteiger partial charge on any atom is -0.370 e. The number of hydrogen-bond donors (Lipinski definition) is 1. The molecular weight excluding hydrogens is 246 g/mol. The Morgan fingerprint density at radius 1 is 1.47 bits per heavy atom. The van der Waals surface area contributed by atoms with Gasteiger partial charge in [0.25, 0.3) is 15.9 Å². The first kappa shape index (κ1) is 11.5. The van der Waals surface area contributed by atoms with E-state index in [0.29, 0.717) is 4.31 Å². The van der Waals surface area contributed by atoms with Crippen molar-refractivity contribution in [1.82, 2.24) is 9.29 Å². The highest BCUT2D eigenvalue weighted by Gasteiger charge is 2.42. The molecule has 7 nitrogen and oxygen atoms in total. The summed E-state index contributed by atoms with van der Waals surface area (Å²) in [7, 11) is -3.93. The number of nitrogens with zero attached hydrogens (tertiary/aromatic N) is 2. The molecule has 0 saturated carbocycles. The number of aromatic nitrogens is 1. The summed E-state index contributed by atoms with van der Waals surface area (Å²) in [6, 6.07) is 2.86. The van der Waals surface area contributed by atoms with Crippen molar-refractivity contribution in [3.8, 4) is 0 Å². The summed E-state index contributed by atoms with van der Waals surface area (Å²) in [5.74, 6) is -1.34. The van der Waals surface area contributed by atoms with Gasteiger partial charge in [-0.1, -0.05) is 0 Å². The van der Waals surface area contributed by atoms with Gasteiger partial charge in [0.05, 0.1) is 5.56 Å². The van der Waals surface area contributed by atoms with Crippen LogP contribution >= 0.6 is 0 Å². The molecule has 2 heterocycles. The molecule has 2 N–H and O–H groups in total. The smallest absolute Gasteiger partial charge is 0.285 e. The van der Waals surface area contributed by atoms with E-state index >= 15 is 0 Å². The normalized spacial score (nSPS) is 16.9. The van der Waals surface area contributed by atoms with E-state index in [9.17, 15) is 18.0 Å². The van der Waals surface area contributed by atoms with Gasteiger partial charge in [-0.05, 0) is 12.1 Å². The maximum Gasteiger partial charge on any atom is 0.285 e. The molecule has 0 unspecified atom stereocenters. The number of amides is 2. The van der Waals surface area contributed by atoms with Crippen molar-refractivity contribution in [1.29, 1.82) is 0 Å². The molecule has 90 valence electrons. The van der Waals surface area contributed by atoms with E-state index in [1.165, 1.54) is 18.3 Å². The van der Waals surface area contributed by atoms with Gasteiger partial charge in [0.2, 0.25) is 5.91 Å². The van der Waals surface area contributed by atoms with E-state index in [0.717, 1.165) is 0 Å². The molecule has 1 aliphatic heterocycles. The third-order valence-electron chi connectivity index (χ3n) is 2.32. The largest absolute Gasteiger partial charge is 0.370 e. The molecule has 1 aliphatic rings. The highest BCUT2D eigenvalue weighted by molar-refractivity contribution is 7.90. The maximum absolute atomic E-state index is 11.9. The lowest BCUT2D eigenvalue weighted by Crippen LogP contribution is -2.33. The van der Waals surface area contributed by atoms with Crippen LogP contribution in [0.4, 0.5) is 0 Å². The average molecular weight is 255 g/mol. The summed E-state index contributed by atoms with van der Waals surface area (Å²) in [4.78, 5) is 26.1. The molecule has 0 radical (unpaired) electrons. The number of pyridine rings is 1. The highest BCUT2D eigenvalue weighted by Crippen LogP contribution is 2.27. The van der Waals surface area contributed by atoms with E-state index in [2.05, 4.69) is 4.98 Å². The quantitative estimate of drug-likeness (QED) is 0.752. The summed E-state index contributed by atoms with van der Waals surface area (Å²) in [6.07, 6.45) is 1.08. The zero-order valence-electron chi connectivity index (χ0n) is 8.66. The Labute approximate surface area is 97.3 Å². The van der Waals surface area contributed by atoms with Crippen molar-refractivity contribution in [2.24, 2.45) is 5.73 Å². The first-order chi connectivity index (χ1) is 7.94. The Hall–Kier alpha value is -1.96. The lowest BCUT2D eigenvalue weighted by molar-refractivity contribution is -0.118. The molecule has 0 atom stereocenters. The fourth-order valence-electron chi connectivity index (χ4n) is 1.54. The van der Waals surface area contributed by atoms with Gasteiger partial charge in [-0.3, -0.25) is 9.59 Å². The van der Waals surface area contributed by atoms with Crippen molar-refractivity contribution in [3.63, 3.8) is 0 Å². The van der Waals surface area contributed by atoms with Crippen LogP contribution in [0.2, 0.25) is 0 Å². The summed E-state index contributed by atoms with van der Waals surface area (Å²) in [5.41, 5.74) is 4.95. The molecule has 0 spiro atoms. The minimum atomic E-state index is -3.93. The fraction of sp³-hybridized carbons (Fsp3) is 0.222. The monoisotopic (exact) mass is 255 g/mol. The molecule has 1 aromatic rings. The molecule has 0 fully saturated rings. The fourth-order valence-corrected chi connectivity index (χ4v) is 3.02. The van der Waals surface area contributed by atoms with Gasteiger partial charge in [0.1, 0.15) is 0 Å². The standard InChI is InChI=1S/C9H9N3O4S/c10-7(13)3-5-12-9(14)6-2-1-4-11-8(6)17(12,15)16/h1-2,4H,3,5H2,(H2,10,13). The Morgan fingerprint density at radius 3 is 2.76 bits per heavy atom. The van der Waals surface area contributed by atoms with Crippen molar-refractivity contribution < 1.29 is 18.0 Å². The maximum atomic E-state index is 11.9. The molecule has 0 aromatic carbocycles. The third-order valence-corrected chi connectivity index (χ3v) is 4.07. The zero-order chi connectivity index (χ0) is 12.6. The van der Waals surface area contributed by atoms with Gasteiger partial charge in [-0.2, -0.15) is 8.42 Å². The van der Waals surface area contributed by atoms with Crippen LogP contribution in [0.25, 0.3) is 0 Å². The van der Waals surface area contributed by atoms with Crippen LogP contribution in [0.1, 0.15) is 16.8 Å². The lowest BCUT2D eigenvalue weighted by atomic mass is 10.2. The van der Waals surface area contributed by atoms with E-state index in [-0.39, 0.29) is 23.6 Å². The third kappa shape index (κ3) is 1.76. The Balaban J connectivity index is 2.41. The van der Waals surface area contributed by atoms with Crippen LogP contribution in [-0.4, -0.2) is 36.1 Å². The number of fused-ring (bicyclic) bond motifs is 1. The van der Waals surface area contributed by atoms with Gasteiger partial charge in [0.15, 0.2) is 5.03 Å². The first-order valence-electron chi connectivity index (χ1n) is 4.75. The number of hydrogen-bond acceptors (Lipinski definition) is 5. The van der Waals surface area contributed by atoms with E-state index in [4.69, 9.17) is 5.73 Å². The topological polar surface area (TPSA) is 110 Å².